The van der Waals surface area contributed by atoms with E-state index in [2.05, 4.69) is 48.5 Å². The fourth-order valence-corrected chi connectivity index (χ4v) is 1.95. The first-order chi connectivity index (χ1) is 9.57. The summed E-state index contributed by atoms with van der Waals surface area (Å²) in [6.45, 7) is 20.4. The van der Waals surface area contributed by atoms with Gasteiger partial charge < -0.3 is 19.3 Å². The molecule has 1 aliphatic heterocycles. The van der Waals surface area contributed by atoms with Crippen molar-refractivity contribution in [3.8, 4) is 0 Å². The lowest BCUT2D eigenvalue weighted by Gasteiger charge is -2.26. The average molecular weight is 339 g/mol. The van der Waals surface area contributed by atoms with Crippen molar-refractivity contribution in [2.75, 3.05) is 6.61 Å². The van der Waals surface area contributed by atoms with Gasteiger partial charge in [0.2, 0.25) is 0 Å². The van der Waals surface area contributed by atoms with Gasteiger partial charge in [-0.25, -0.2) is 0 Å². The third-order valence-electron chi connectivity index (χ3n) is 2.63. The van der Waals surface area contributed by atoms with Gasteiger partial charge in [0.05, 0.1) is 41.7 Å². The first-order valence-electron chi connectivity index (χ1n) is 8.26. The van der Waals surface area contributed by atoms with Crippen LogP contribution in [0.25, 0.3) is 0 Å². The molecule has 0 aromatic rings. The molecular weight excluding hydrogens is 299 g/mol. The Balaban J connectivity index is 0. The summed E-state index contributed by atoms with van der Waals surface area (Å²) in [6.07, 6.45) is 1.43. The molecule has 4 nitrogen and oxygen atoms in total. The number of aliphatic hydroxyl groups is 1. The fourth-order valence-electron chi connectivity index (χ4n) is 1.95. The van der Waals surface area contributed by atoms with Crippen LogP contribution in [0.5, 0.6) is 0 Å². The van der Waals surface area contributed by atoms with E-state index in [1.54, 1.807) is 20.8 Å². The molecule has 1 saturated heterocycles. The minimum atomic E-state index is -0.500. The van der Waals surface area contributed by atoms with Crippen molar-refractivity contribution in [2.45, 2.75) is 111 Å². The van der Waals surface area contributed by atoms with Crippen LogP contribution in [0.2, 0.25) is 0 Å². The van der Waals surface area contributed by atoms with Gasteiger partial charge in [0.25, 0.3) is 0 Å². The second-order valence-electron chi connectivity index (χ2n) is 9.06. The summed E-state index contributed by atoms with van der Waals surface area (Å²) in [5.41, 5.74) is -0.711. The maximum atomic E-state index is 8.52. The summed E-state index contributed by atoms with van der Waals surface area (Å²) in [6, 6.07) is 0. The van der Waals surface area contributed by atoms with Crippen LogP contribution in [-0.4, -0.2) is 46.8 Å². The molecule has 5 heteroatoms. The number of rotatable bonds is 3. The van der Waals surface area contributed by atoms with Crippen molar-refractivity contribution < 1.29 is 24.0 Å². The van der Waals surface area contributed by atoms with Crippen LogP contribution in [-0.2, 0) is 14.2 Å². The molecule has 1 heterocycles. The molecule has 3 atom stereocenters. The number of ether oxygens (including phenoxy) is 3. The molecule has 1 aliphatic rings. The Morgan fingerprint density at radius 2 is 1.39 bits per heavy atom. The van der Waals surface area contributed by atoms with Crippen molar-refractivity contribution in [3.63, 3.8) is 0 Å². The van der Waals surface area contributed by atoms with E-state index in [4.69, 9.17) is 19.3 Å². The molecule has 1 N–H and O–H groups in total. The number of halogens is 1. The Labute approximate surface area is 142 Å². The zero-order valence-corrected chi connectivity index (χ0v) is 16.7. The minimum Gasteiger partial charge on any atom is -0.391 e. The van der Waals surface area contributed by atoms with E-state index >= 15 is 0 Å². The van der Waals surface area contributed by atoms with Gasteiger partial charge in [-0.1, -0.05) is 0 Å². The van der Waals surface area contributed by atoms with Gasteiger partial charge in [-0.2, -0.15) is 0 Å². The molecular formula is C18H39FO4. The first-order valence-corrected chi connectivity index (χ1v) is 8.26. The Hall–Kier alpha value is -0.230. The van der Waals surface area contributed by atoms with Gasteiger partial charge in [-0.3, -0.25) is 4.70 Å². The summed E-state index contributed by atoms with van der Waals surface area (Å²) in [7, 11) is 0. The Bertz CT molecular complexity index is 306. The van der Waals surface area contributed by atoms with E-state index in [0.29, 0.717) is 6.61 Å². The largest absolute Gasteiger partial charge is 0.391 e. The Kier molecular flexibility index (Phi) is 10.1. The molecule has 0 amide bonds. The van der Waals surface area contributed by atoms with Crippen LogP contribution in [0.15, 0.2) is 0 Å². The van der Waals surface area contributed by atoms with Gasteiger partial charge in [-0.05, 0) is 69.2 Å². The van der Waals surface area contributed by atoms with Crippen molar-refractivity contribution in [1.82, 2.24) is 0 Å². The zero-order chi connectivity index (χ0) is 17.8. The summed E-state index contributed by atoms with van der Waals surface area (Å²) in [5, 5.41) is 8.52. The highest BCUT2D eigenvalue weighted by atomic mass is 19.0. The van der Waals surface area contributed by atoms with E-state index in [-0.39, 0.29) is 34.2 Å². The molecule has 1 rings (SSSR count). The summed E-state index contributed by atoms with van der Waals surface area (Å²) >= 11 is 0. The van der Waals surface area contributed by atoms with E-state index in [0.717, 1.165) is 6.42 Å². The predicted molar refractivity (Wildman–Crippen MR) is 93.8 cm³/mol. The van der Waals surface area contributed by atoms with Crippen LogP contribution in [0.1, 0.15) is 75.7 Å². The lowest BCUT2D eigenvalue weighted by atomic mass is 10.1. The smallest absolute Gasteiger partial charge is 0.0866 e. The van der Waals surface area contributed by atoms with Crippen molar-refractivity contribution in [2.24, 2.45) is 0 Å². The normalized spacial score (nSPS) is 25.4. The van der Waals surface area contributed by atoms with E-state index < -0.39 is 5.60 Å². The quantitative estimate of drug-likeness (QED) is 0.842. The maximum absolute atomic E-state index is 8.52. The highest BCUT2D eigenvalue weighted by Crippen LogP contribution is 2.27. The van der Waals surface area contributed by atoms with Crippen LogP contribution < -0.4 is 0 Å². The molecule has 3 unspecified atom stereocenters. The highest BCUT2D eigenvalue weighted by molar-refractivity contribution is 4.83. The van der Waals surface area contributed by atoms with Gasteiger partial charge in [0.15, 0.2) is 0 Å². The minimum absolute atomic E-state index is 0. The standard InChI is InChI=1S/C14H28O3.C4H10O.FH/c1-10-12(17-14(5,6)7)8-11(16-10)9-15-13(2,3)4;1-4(2,3)5;/h10-12H,8-9H2,1-7H3;5H,1-3H3;1H. The zero-order valence-electron chi connectivity index (χ0n) is 16.7. The van der Waals surface area contributed by atoms with E-state index in [1.807, 2.05) is 0 Å². The molecule has 142 valence electrons. The first kappa shape index (κ1) is 25.0. The molecule has 0 bridgehead atoms. The molecule has 0 radical (unpaired) electrons. The number of hydrogen-bond acceptors (Lipinski definition) is 4. The van der Waals surface area contributed by atoms with Crippen LogP contribution in [0.4, 0.5) is 4.70 Å². The second kappa shape index (κ2) is 9.30. The highest BCUT2D eigenvalue weighted by Gasteiger charge is 2.36. The van der Waals surface area contributed by atoms with E-state index in [1.165, 1.54) is 0 Å². The van der Waals surface area contributed by atoms with Gasteiger partial charge >= 0.3 is 0 Å². The predicted octanol–water partition coefficient (Wildman–Crippen LogP) is 4.09. The Morgan fingerprint density at radius 1 is 0.957 bits per heavy atom. The van der Waals surface area contributed by atoms with Crippen LogP contribution >= 0.6 is 0 Å². The van der Waals surface area contributed by atoms with Crippen LogP contribution in [0.3, 0.4) is 0 Å². The van der Waals surface area contributed by atoms with Gasteiger partial charge in [-0.15, -0.1) is 0 Å². The lowest BCUT2D eigenvalue weighted by molar-refractivity contribution is -0.0929. The fraction of sp³-hybridized carbons (Fsp3) is 1.00. The van der Waals surface area contributed by atoms with Crippen LogP contribution in [0, 0.1) is 0 Å². The average Bonchev–Trinajstić information content (AvgIpc) is 2.50. The molecule has 0 aromatic heterocycles. The molecule has 0 spiro atoms. The second-order valence-corrected chi connectivity index (χ2v) is 9.06. The number of hydrogen-bond donors (Lipinski definition) is 1. The molecule has 0 aliphatic carbocycles. The monoisotopic (exact) mass is 338 g/mol. The summed E-state index contributed by atoms with van der Waals surface area (Å²) < 4.78 is 17.6. The van der Waals surface area contributed by atoms with Gasteiger partial charge in [0.1, 0.15) is 0 Å². The van der Waals surface area contributed by atoms with Crippen molar-refractivity contribution >= 4 is 0 Å². The molecule has 1 fully saturated rings. The van der Waals surface area contributed by atoms with Gasteiger partial charge in [0, 0.05) is 6.42 Å². The third-order valence-corrected chi connectivity index (χ3v) is 2.63. The molecule has 0 aromatic carbocycles. The molecule has 0 saturated carbocycles. The SMILES string of the molecule is CC(C)(C)O.CC1OC(COC(C)(C)C)CC1OC(C)(C)C.F. The Morgan fingerprint density at radius 3 is 1.74 bits per heavy atom. The van der Waals surface area contributed by atoms with Crippen molar-refractivity contribution in [1.29, 1.82) is 0 Å². The molecule has 23 heavy (non-hydrogen) atoms. The van der Waals surface area contributed by atoms with Crippen molar-refractivity contribution in [3.05, 3.63) is 0 Å². The maximum Gasteiger partial charge on any atom is 0.0866 e. The summed E-state index contributed by atoms with van der Waals surface area (Å²) in [5.74, 6) is 0. The summed E-state index contributed by atoms with van der Waals surface area (Å²) in [4.78, 5) is 0. The third kappa shape index (κ3) is 16.4. The van der Waals surface area contributed by atoms with E-state index in [9.17, 15) is 0 Å². The lowest BCUT2D eigenvalue weighted by Crippen LogP contribution is -2.31. The topological polar surface area (TPSA) is 47.9 Å².